The lowest BCUT2D eigenvalue weighted by Gasteiger charge is -2.31. The number of imidazole rings is 1. The smallest absolute Gasteiger partial charge is 0.274 e. The van der Waals surface area contributed by atoms with Gasteiger partial charge in [0.2, 0.25) is 0 Å². The van der Waals surface area contributed by atoms with Gasteiger partial charge in [0, 0.05) is 38.4 Å². The molecule has 8 nitrogen and oxygen atoms in total. The van der Waals surface area contributed by atoms with Gasteiger partial charge in [0.15, 0.2) is 0 Å². The third kappa shape index (κ3) is 3.44. The number of hydrogen-bond donors (Lipinski definition) is 0. The molecule has 1 saturated heterocycles. The van der Waals surface area contributed by atoms with Gasteiger partial charge in [0.25, 0.3) is 5.91 Å². The summed E-state index contributed by atoms with van der Waals surface area (Å²) in [6, 6.07) is 5.76. The Morgan fingerprint density at radius 2 is 2.15 bits per heavy atom. The quantitative estimate of drug-likeness (QED) is 0.700. The summed E-state index contributed by atoms with van der Waals surface area (Å²) < 4.78 is 3.95. The molecule has 1 amide bonds. The van der Waals surface area contributed by atoms with E-state index in [-0.39, 0.29) is 11.8 Å². The molecule has 1 aliphatic rings. The van der Waals surface area contributed by atoms with Crippen molar-refractivity contribution in [3.63, 3.8) is 0 Å². The Morgan fingerprint density at radius 3 is 2.93 bits per heavy atom. The van der Waals surface area contributed by atoms with E-state index in [0.29, 0.717) is 12.2 Å². The molecule has 1 atom stereocenters. The zero-order valence-electron chi connectivity index (χ0n) is 16.0. The third-order valence-corrected chi connectivity index (χ3v) is 5.11. The molecular weight excluding hydrogens is 342 g/mol. The molecule has 0 bridgehead atoms. The van der Waals surface area contributed by atoms with E-state index in [2.05, 4.69) is 24.6 Å². The van der Waals surface area contributed by atoms with Gasteiger partial charge in [-0.25, -0.2) is 4.98 Å². The van der Waals surface area contributed by atoms with Gasteiger partial charge in [-0.1, -0.05) is 6.07 Å². The number of piperidine rings is 1. The summed E-state index contributed by atoms with van der Waals surface area (Å²) in [4.78, 5) is 21.4. The van der Waals surface area contributed by atoms with Gasteiger partial charge in [-0.3, -0.25) is 4.79 Å². The number of hydrogen-bond acceptors (Lipinski definition) is 5. The van der Waals surface area contributed by atoms with Crippen LogP contribution in [0, 0.1) is 0 Å². The highest BCUT2D eigenvalue weighted by molar-refractivity contribution is 5.93. The first-order chi connectivity index (χ1) is 13.0. The van der Waals surface area contributed by atoms with Crippen LogP contribution in [0.4, 0.5) is 0 Å². The van der Waals surface area contributed by atoms with Crippen molar-refractivity contribution in [3.05, 3.63) is 47.9 Å². The summed E-state index contributed by atoms with van der Waals surface area (Å²) in [5.74, 6) is 2.09. The molecule has 27 heavy (non-hydrogen) atoms. The van der Waals surface area contributed by atoms with Crippen molar-refractivity contribution in [2.45, 2.75) is 25.3 Å². The second kappa shape index (κ2) is 7.11. The fourth-order valence-corrected chi connectivity index (χ4v) is 3.72. The highest BCUT2D eigenvalue weighted by Gasteiger charge is 2.29. The highest BCUT2D eigenvalue weighted by Crippen LogP contribution is 2.27. The minimum Gasteiger partial charge on any atom is -0.337 e. The topological polar surface area (TPSA) is 71.6 Å². The number of rotatable bonds is 4. The van der Waals surface area contributed by atoms with Crippen LogP contribution < -0.4 is 0 Å². The summed E-state index contributed by atoms with van der Waals surface area (Å²) in [5, 5.41) is 8.76. The monoisotopic (exact) mass is 367 g/mol. The molecule has 1 aliphatic heterocycles. The predicted octanol–water partition coefficient (Wildman–Crippen LogP) is 1.54. The maximum Gasteiger partial charge on any atom is 0.274 e. The fraction of sp³-hybridized carbons (Fsp3) is 0.474. The maximum absolute atomic E-state index is 13.0. The van der Waals surface area contributed by atoms with E-state index >= 15 is 0 Å². The van der Waals surface area contributed by atoms with Crippen LogP contribution in [0.5, 0.6) is 0 Å². The largest absolute Gasteiger partial charge is 0.337 e. The molecule has 1 fully saturated rings. The van der Waals surface area contributed by atoms with E-state index in [1.807, 2.05) is 54.8 Å². The number of nitrogens with zero attached hydrogens (tertiary/aromatic N) is 7. The van der Waals surface area contributed by atoms with Crippen LogP contribution in [-0.2, 0) is 13.6 Å². The normalized spacial score (nSPS) is 17.8. The van der Waals surface area contributed by atoms with Crippen molar-refractivity contribution >= 4 is 11.6 Å². The Bertz CT molecular complexity index is 925. The fourth-order valence-electron chi connectivity index (χ4n) is 3.72. The van der Waals surface area contributed by atoms with Crippen molar-refractivity contribution in [1.29, 1.82) is 0 Å². The number of carbonyl (C=O) groups excluding carboxylic acids is 1. The lowest BCUT2D eigenvalue weighted by Crippen LogP contribution is -2.40. The molecule has 142 valence electrons. The first-order valence-electron chi connectivity index (χ1n) is 9.29. The van der Waals surface area contributed by atoms with Gasteiger partial charge in [0.1, 0.15) is 23.0 Å². The SMILES string of the molecule is CN(C)Cc1nnc(C2CCCN(C(=O)c3cn4ccccc4n3)C2)n1C. The zero-order chi connectivity index (χ0) is 19.0. The first kappa shape index (κ1) is 17.7. The zero-order valence-corrected chi connectivity index (χ0v) is 16.0. The Kier molecular flexibility index (Phi) is 4.65. The average molecular weight is 367 g/mol. The summed E-state index contributed by atoms with van der Waals surface area (Å²) in [6.45, 7) is 2.16. The predicted molar refractivity (Wildman–Crippen MR) is 101 cm³/mol. The number of aromatic nitrogens is 5. The van der Waals surface area contributed by atoms with Gasteiger partial charge in [0.05, 0.1) is 6.54 Å². The average Bonchev–Trinajstić information content (AvgIpc) is 3.25. The minimum atomic E-state index is -0.0147. The Balaban J connectivity index is 1.52. The molecular formula is C19H25N7O. The second-order valence-corrected chi connectivity index (χ2v) is 7.45. The Labute approximate surface area is 158 Å². The molecule has 4 heterocycles. The number of likely N-dealkylation sites (tertiary alicyclic amines) is 1. The number of fused-ring (bicyclic) bond motifs is 1. The van der Waals surface area contributed by atoms with E-state index in [9.17, 15) is 4.79 Å². The van der Waals surface area contributed by atoms with Crippen molar-refractivity contribution in [2.75, 3.05) is 27.2 Å². The third-order valence-electron chi connectivity index (χ3n) is 5.11. The van der Waals surface area contributed by atoms with Gasteiger partial charge in [-0.05, 0) is 39.1 Å². The Hall–Kier alpha value is -2.74. The number of carbonyl (C=O) groups is 1. The van der Waals surface area contributed by atoms with Crippen LogP contribution in [0.3, 0.4) is 0 Å². The highest BCUT2D eigenvalue weighted by atomic mass is 16.2. The first-order valence-corrected chi connectivity index (χ1v) is 9.29. The molecule has 3 aromatic heterocycles. The van der Waals surface area contributed by atoms with Gasteiger partial charge in [-0.15, -0.1) is 10.2 Å². The van der Waals surface area contributed by atoms with Crippen LogP contribution in [-0.4, -0.2) is 67.0 Å². The Morgan fingerprint density at radius 1 is 1.30 bits per heavy atom. The molecule has 3 aromatic rings. The molecule has 0 saturated carbocycles. The summed E-state index contributed by atoms with van der Waals surface area (Å²) in [6.07, 6.45) is 5.69. The van der Waals surface area contributed by atoms with Crippen molar-refractivity contribution in [3.8, 4) is 0 Å². The minimum absolute atomic E-state index is 0.0147. The second-order valence-electron chi connectivity index (χ2n) is 7.45. The van der Waals surface area contributed by atoms with E-state index in [0.717, 1.165) is 43.2 Å². The number of pyridine rings is 1. The van der Waals surface area contributed by atoms with Gasteiger partial charge in [-0.2, -0.15) is 0 Å². The molecule has 0 N–H and O–H groups in total. The molecule has 0 aromatic carbocycles. The van der Waals surface area contributed by atoms with Crippen molar-refractivity contribution in [2.24, 2.45) is 7.05 Å². The number of amides is 1. The van der Waals surface area contributed by atoms with E-state index in [4.69, 9.17) is 0 Å². The van der Waals surface area contributed by atoms with E-state index in [1.54, 1.807) is 6.20 Å². The summed E-state index contributed by atoms with van der Waals surface area (Å²) in [5.41, 5.74) is 1.28. The summed E-state index contributed by atoms with van der Waals surface area (Å²) in [7, 11) is 6.05. The molecule has 1 unspecified atom stereocenters. The van der Waals surface area contributed by atoms with Crippen molar-refractivity contribution in [1.82, 2.24) is 33.9 Å². The lowest BCUT2D eigenvalue weighted by molar-refractivity contribution is 0.0698. The van der Waals surface area contributed by atoms with E-state index in [1.165, 1.54) is 0 Å². The molecule has 0 radical (unpaired) electrons. The molecule has 0 aliphatic carbocycles. The van der Waals surface area contributed by atoms with Crippen LogP contribution in [0.25, 0.3) is 5.65 Å². The lowest BCUT2D eigenvalue weighted by atomic mass is 9.97. The van der Waals surface area contributed by atoms with Gasteiger partial charge < -0.3 is 18.8 Å². The van der Waals surface area contributed by atoms with Crippen molar-refractivity contribution < 1.29 is 4.79 Å². The molecule has 8 heteroatoms. The maximum atomic E-state index is 13.0. The molecule has 4 rings (SSSR count). The summed E-state index contributed by atoms with van der Waals surface area (Å²) >= 11 is 0. The van der Waals surface area contributed by atoms with Crippen LogP contribution >= 0.6 is 0 Å². The van der Waals surface area contributed by atoms with Gasteiger partial charge >= 0.3 is 0 Å². The van der Waals surface area contributed by atoms with Crippen LogP contribution in [0.1, 0.15) is 40.9 Å². The van der Waals surface area contributed by atoms with E-state index < -0.39 is 0 Å². The van der Waals surface area contributed by atoms with Crippen LogP contribution in [0.15, 0.2) is 30.6 Å². The molecule has 0 spiro atoms. The van der Waals surface area contributed by atoms with Crippen LogP contribution in [0.2, 0.25) is 0 Å². The standard InChI is InChI=1S/C19H25N7O/c1-23(2)13-17-21-22-18(24(17)3)14-7-6-10-26(11-14)19(27)15-12-25-9-5-4-8-16(25)20-15/h4-5,8-9,12,14H,6-7,10-11,13H2,1-3H3.